The highest BCUT2D eigenvalue weighted by Gasteiger charge is 1.99. The Labute approximate surface area is 62.5 Å². The van der Waals surface area contributed by atoms with Crippen molar-refractivity contribution in [3.05, 3.63) is 12.7 Å². The van der Waals surface area contributed by atoms with Crippen molar-refractivity contribution in [3.8, 4) is 6.07 Å². The van der Waals surface area contributed by atoms with Crippen molar-refractivity contribution in [2.75, 3.05) is 6.54 Å². The predicted molar refractivity (Wildman–Crippen MR) is 42.4 cm³/mol. The van der Waals surface area contributed by atoms with Crippen LogP contribution in [0.4, 0.5) is 0 Å². The highest BCUT2D eigenvalue weighted by atomic mass is 14.9. The van der Waals surface area contributed by atoms with Gasteiger partial charge in [-0.25, -0.2) is 0 Å². The molecule has 0 rings (SSSR count). The number of nitrogens with one attached hydrogen (secondary N) is 1. The van der Waals surface area contributed by atoms with Crippen molar-refractivity contribution in [3.63, 3.8) is 0 Å². The molecule has 0 saturated heterocycles. The Morgan fingerprint density at radius 1 is 1.70 bits per heavy atom. The second-order valence-electron chi connectivity index (χ2n) is 2.46. The van der Waals surface area contributed by atoms with Crippen LogP contribution in [0.2, 0.25) is 0 Å². The third-order valence-corrected chi connectivity index (χ3v) is 1.32. The van der Waals surface area contributed by atoms with Crippen LogP contribution in [-0.4, -0.2) is 12.6 Å². The molecule has 0 aromatic heterocycles. The van der Waals surface area contributed by atoms with Crippen LogP contribution in [0, 0.1) is 17.2 Å². The Bertz CT molecular complexity index is 135. The van der Waals surface area contributed by atoms with Crippen LogP contribution in [-0.2, 0) is 0 Å². The van der Waals surface area contributed by atoms with Gasteiger partial charge in [-0.15, -0.1) is 6.58 Å². The molecule has 56 valence electrons. The van der Waals surface area contributed by atoms with E-state index in [9.17, 15) is 0 Å². The summed E-state index contributed by atoms with van der Waals surface area (Å²) < 4.78 is 0. The largest absolute Gasteiger partial charge is 0.310 e. The second-order valence-corrected chi connectivity index (χ2v) is 2.46. The molecule has 0 bridgehead atoms. The lowest BCUT2D eigenvalue weighted by atomic mass is 10.2. The van der Waals surface area contributed by atoms with Gasteiger partial charge in [-0.3, -0.25) is 0 Å². The number of hydrogen-bond acceptors (Lipinski definition) is 2. The average Bonchev–Trinajstić information content (AvgIpc) is 1.99. The normalized spacial score (nSPS) is 15.3. The summed E-state index contributed by atoms with van der Waals surface area (Å²) in [6, 6.07) is 2.45. The minimum Gasteiger partial charge on any atom is -0.310 e. The lowest BCUT2D eigenvalue weighted by molar-refractivity contribution is 0.568. The molecule has 0 radical (unpaired) electrons. The van der Waals surface area contributed by atoms with E-state index in [1.54, 1.807) is 0 Å². The fourth-order valence-corrected chi connectivity index (χ4v) is 0.492. The molecule has 0 saturated carbocycles. The standard InChI is InChI=1S/C8H14N2/c1-4-8(3)10-6-7(2)5-9/h4,7-8,10H,1,6H2,2-3H3. The Morgan fingerprint density at radius 2 is 2.30 bits per heavy atom. The smallest absolute Gasteiger partial charge is 0.0666 e. The van der Waals surface area contributed by atoms with E-state index in [0.717, 1.165) is 6.54 Å². The molecular weight excluding hydrogens is 124 g/mol. The Balaban J connectivity index is 3.37. The van der Waals surface area contributed by atoms with Gasteiger partial charge in [0.2, 0.25) is 0 Å². The Hall–Kier alpha value is -0.810. The van der Waals surface area contributed by atoms with Gasteiger partial charge < -0.3 is 5.32 Å². The third kappa shape index (κ3) is 4.11. The van der Waals surface area contributed by atoms with E-state index in [1.165, 1.54) is 0 Å². The van der Waals surface area contributed by atoms with Gasteiger partial charge in [-0.1, -0.05) is 6.08 Å². The van der Waals surface area contributed by atoms with Gasteiger partial charge in [-0.2, -0.15) is 5.26 Å². The first-order valence-electron chi connectivity index (χ1n) is 3.46. The van der Waals surface area contributed by atoms with Gasteiger partial charge in [0, 0.05) is 12.6 Å². The quantitative estimate of drug-likeness (QED) is 0.594. The summed E-state index contributed by atoms with van der Waals surface area (Å²) >= 11 is 0. The summed E-state index contributed by atoms with van der Waals surface area (Å²) in [5, 5.41) is 11.5. The molecule has 0 aliphatic rings. The SMILES string of the molecule is C=CC(C)NCC(C)C#N. The fraction of sp³-hybridized carbons (Fsp3) is 0.625. The number of rotatable bonds is 4. The van der Waals surface area contributed by atoms with Crippen LogP contribution in [0.15, 0.2) is 12.7 Å². The maximum absolute atomic E-state index is 8.40. The molecular formula is C8H14N2. The van der Waals surface area contributed by atoms with Gasteiger partial charge in [-0.05, 0) is 13.8 Å². The fourth-order valence-electron chi connectivity index (χ4n) is 0.492. The first-order valence-corrected chi connectivity index (χ1v) is 3.46. The molecule has 2 nitrogen and oxygen atoms in total. The van der Waals surface area contributed by atoms with Gasteiger partial charge in [0.05, 0.1) is 12.0 Å². The summed E-state index contributed by atoms with van der Waals surface area (Å²) in [7, 11) is 0. The molecule has 2 atom stereocenters. The van der Waals surface area contributed by atoms with Gasteiger partial charge >= 0.3 is 0 Å². The maximum Gasteiger partial charge on any atom is 0.0666 e. The molecule has 0 spiro atoms. The monoisotopic (exact) mass is 138 g/mol. The molecule has 10 heavy (non-hydrogen) atoms. The van der Waals surface area contributed by atoms with Crippen LogP contribution in [0.3, 0.4) is 0 Å². The number of nitrogens with zero attached hydrogens (tertiary/aromatic N) is 1. The minimum absolute atomic E-state index is 0.0856. The van der Waals surface area contributed by atoms with Crippen molar-refractivity contribution in [1.29, 1.82) is 5.26 Å². The average molecular weight is 138 g/mol. The van der Waals surface area contributed by atoms with Crippen molar-refractivity contribution >= 4 is 0 Å². The van der Waals surface area contributed by atoms with Crippen LogP contribution >= 0.6 is 0 Å². The lowest BCUT2D eigenvalue weighted by Gasteiger charge is -2.08. The van der Waals surface area contributed by atoms with Crippen molar-refractivity contribution in [2.24, 2.45) is 5.92 Å². The molecule has 0 amide bonds. The van der Waals surface area contributed by atoms with Crippen LogP contribution in [0.1, 0.15) is 13.8 Å². The van der Waals surface area contributed by atoms with E-state index in [4.69, 9.17) is 5.26 Å². The zero-order valence-corrected chi connectivity index (χ0v) is 6.59. The number of nitriles is 1. The van der Waals surface area contributed by atoms with Crippen LogP contribution in [0.25, 0.3) is 0 Å². The molecule has 0 aliphatic carbocycles. The summed E-state index contributed by atoms with van der Waals surface area (Å²) in [6.07, 6.45) is 1.82. The highest BCUT2D eigenvalue weighted by Crippen LogP contribution is 1.89. The zero-order valence-electron chi connectivity index (χ0n) is 6.59. The maximum atomic E-state index is 8.40. The molecule has 0 aliphatic heterocycles. The Kier molecular flexibility index (Phi) is 4.61. The molecule has 2 heteroatoms. The molecule has 0 aromatic carbocycles. The summed E-state index contributed by atoms with van der Waals surface area (Å²) in [5.41, 5.74) is 0. The van der Waals surface area contributed by atoms with Crippen LogP contribution in [0.5, 0.6) is 0 Å². The molecule has 2 unspecified atom stereocenters. The van der Waals surface area contributed by atoms with Crippen molar-refractivity contribution < 1.29 is 0 Å². The van der Waals surface area contributed by atoms with E-state index in [1.807, 2.05) is 19.9 Å². The number of hydrogen-bond donors (Lipinski definition) is 1. The third-order valence-electron chi connectivity index (χ3n) is 1.32. The predicted octanol–water partition coefficient (Wildman–Crippen LogP) is 1.31. The molecule has 0 fully saturated rings. The first-order chi connectivity index (χ1) is 4.70. The van der Waals surface area contributed by atoms with Crippen molar-refractivity contribution in [2.45, 2.75) is 19.9 Å². The summed E-state index contributed by atoms with van der Waals surface area (Å²) in [6.45, 7) is 8.26. The highest BCUT2D eigenvalue weighted by molar-refractivity contribution is 4.85. The van der Waals surface area contributed by atoms with E-state index >= 15 is 0 Å². The zero-order chi connectivity index (χ0) is 7.98. The van der Waals surface area contributed by atoms with Gasteiger partial charge in [0.15, 0.2) is 0 Å². The first kappa shape index (κ1) is 9.19. The summed E-state index contributed by atoms with van der Waals surface area (Å²) in [5.74, 6) is 0.0856. The summed E-state index contributed by atoms with van der Waals surface area (Å²) in [4.78, 5) is 0. The van der Waals surface area contributed by atoms with Gasteiger partial charge in [0.25, 0.3) is 0 Å². The molecule has 0 heterocycles. The van der Waals surface area contributed by atoms with E-state index < -0.39 is 0 Å². The molecule has 1 N–H and O–H groups in total. The minimum atomic E-state index is 0.0856. The second kappa shape index (κ2) is 5.01. The molecule has 0 aromatic rings. The Morgan fingerprint density at radius 3 is 2.70 bits per heavy atom. The van der Waals surface area contributed by atoms with Crippen LogP contribution < -0.4 is 5.32 Å². The van der Waals surface area contributed by atoms with Crippen molar-refractivity contribution in [1.82, 2.24) is 5.32 Å². The topological polar surface area (TPSA) is 35.8 Å². The van der Waals surface area contributed by atoms with E-state index in [2.05, 4.69) is 18.0 Å². The van der Waals surface area contributed by atoms with Gasteiger partial charge in [0.1, 0.15) is 0 Å². The van der Waals surface area contributed by atoms with E-state index in [0.29, 0.717) is 6.04 Å². The lowest BCUT2D eigenvalue weighted by Crippen LogP contribution is -2.27. The van der Waals surface area contributed by atoms with E-state index in [-0.39, 0.29) is 5.92 Å².